The fourth-order valence-corrected chi connectivity index (χ4v) is 0.990. The van der Waals surface area contributed by atoms with Crippen molar-refractivity contribution >= 4 is 11.9 Å². The molecule has 142 valence electrons. The third-order valence-corrected chi connectivity index (χ3v) is 2.46. The molecule has 1 N–H and O–H groups in total. The van der Waals surface area contributed by atoms with Crippen molar-refractivity contribution < 1.29 is 38.4 Å². The van der Waals surface area contributed by atoms with Gasteiger partial charge in [0, 0.05) is 11.6 Å². The van der Waals surface area contributed by atoms with Crippen molar-refractivity contribution in [2.24, 2.45) is 0 Å². The van der Waals surface area contributed by atoms with Gasteiger partial charge in [-0.15, -0.1) is 0 Å². The van der Waals surface area contributed by atoms with Gasteiger partial charge < -0.3 is 28.8 Å². The van der Waals surface area contributed by atoms with Gasteiger partial charge >= 0.3 is 11.9 Å². The van der Waals surface area contributed by atoms with Crippen molar-refractivity contribution in [3.63, 3.8) is 0 Å². The molecule has 0 radical (unpaired) electrons. The fourth-order valence-electron chi connectivity index (χ4n) is 0.990. The number of aliphatic hydroxyl groups excluding tert-OH is 1. The molecule has 2 rings (SSSR count). The molecule has 0 aromatic carbocycles. The molecule has 8 heteroatoms. The Labute approximate surface area is 147 Å². The highest BCUT2D eigenvalue weighted by Gasteiger charge is 2.24. The van der Waals surface area contributed by atoms with Gasteiger partial charge in [0.2, 0.25) is 0 Å². The molecule has 2 saturated heterocycles. The number of ether oxygens (including phenoxy) is 5. The quantitative estimate of drug-likeness (QED) is 0.212. The second-order valence-electron chi connectivity index (χ2n) is 4.88. The molecule has 8 nitrogen and oxygen atoms in total. The summed E-state index contributed by atoms with van der Waals surface area (Å²) in [5.74, 6) is -0.721. The summed E-state index contributed by atoms with van der Waals surface area (Å²) < 4.78 is 23.5. The highest BCUT2D eigenvalue weighted by atomic mass is 16.6. The minimum Gasteiger partial charge on any atom is -0.499 e. The van der Waals surface area contributed by atoms with Crippen LogP contribution in [-0.2, 0) is 33.3 Å². The summed E-state index contributed by atoms with van der Waals surface area (Å²) in [6.07, 6.45) is 2.73. The van der Waals surface area contributed by atoms with Gasteiger partial charge in [0.25, 0.3) is 0 Å². The smallest absolute Gasteiger partial charge is 0.333 e. The monoisotopic (exact) mass is 358 g/mol. The number of esters is 2. The largest absolute Gasteiger partial charge is 0.499 e. The molecule has 2 aliphatic heterocycles. The fraction of sp³-hybridized carbons (Fsp3) is 0.529. The molecule has 2 unspecified atom stereocenters. The molecule has 0 aliphatic carbocycles. The van der Waals surface area contributed by atoms with E-state index in [1.165, 1.54) is 6.26 Å². The predicted molar refractivity (Wildman–Crippen MR) is 89.6 cm³/mol. The molecule has 2 heterocycles. The van der Waals surface area contributed by atoms with E-state index < -0.39 is 0 Å². The van der Waals surface area contributed by atoms with Gasteiger partial charge in [-0.3, -0.25) is 0 Å². The standard InChI is InChI=1S/C7H10O3.C6H8O3.C4H8O2/c1-5(2)7(8)10-4-6-3-9-6;1-2-6(7)9-4-5-3-8-5;1-2-6-4-3-5/h6H,1,3-4H2,2H3;2,5H,1,3-4H2;2,5H,1,3-4H2. The van der Waals surface area contributed by atoms with Crippen LogP contribution in [-0.4, -0.2) is 68.9 Å². The van der Waals surface area contributed by atoms with Crippen LogP contribution in [0.2, 0.25) is 0 Å². The number of hydrogen-bond donors (Lipinski definition) is 1. The highest BCUT2D eigenvalue weighted by molar-refractivity contribution is 5.86. The highest BCUT2D eigenvalue weighted by Crippen LogP contribution is 2.09. The van der Waals surface area contributed by atoms with Crippen LogP contribution < -0.4 is 0 Å². The molecule has 0 saturated carbocycles. The minimum absolute atomic E-state index is 0.0615. The lowest BCUT2D eigenvalue weighted by molar-refractivity contribution is -0.139. The number of carbonyl (C=O) groups is 2. The van der Waals surface area contributed by atoms with Gasteiger partial charge in [0.15, 0.2) is 0 Å². The van der Waals surface area contributed by atoms with Crippen LogP contribution in [0.5, 0.6) is 0 Å². The zero-order chi connectivity index (χ0) is 19.1. The molecular weight excluding hydrogens is 332 g/mol. The molecule has 0 amide bonds. The zero-order valence-electron chi connectivity index (χ0n) is 14.5. The Balaban J connectivity index is 0.000000358. The van der Waals surface area contributed by atoms with Crippen LogP contribution in [0.1, 0.15) is 6.92 Å². The van der Waals surface area contributed by atoms with Gasteiger partial charge in [-0.1, -0.05) is 19.7 Å². The Bertz CT molecular complexity index is 438. The third kappa shape index (κ3) is 16.5. The number of epoxide rings is 2. The number of rotatable bonds is 9. The zero-order valence-corrected chi connectivity index (χ0v) is 14.5. The number of carbonyl (C=O) groups excluding carboxylic acids is 2. The van der Waals surface area contributed by atoms with Crippen LogP contribution >= 0.6 is 0 Å². The summed E-state index contributed by atoms with van der Waals surface area (Å²) in [6.45, 7) is 14.1. The molecule has 0 aromatic heterocycles. The van der Waals surface area contributed by atoms with Crippen LogP contribution in [0.3, 0.4) is 0 Å². The van der Waals surface area contributed by atoms with E-state index in [1.54, 1.807) is 6.92 Å². The Morgan fingerprint density at radius 2 is 1.68 bits per heavy atom. The van der Waals surface area contributed by atoms with E-state index in [4.69, 9.17) is 19.3 Å². The van der Waals surface area contributed by atoms with Gasteiger partial charge in [0.1, 0.15) is 32.0 Å². The first-order chi connectivity index (χ1) is 11.9. The van der Waals surface area contributed by atoms with Crippen molar-refractivity contribution in [3.8, 4) is 0 Å². The van der Waals surface area contributed by atoms with E-state index in [0.717, 1.165) is 6.08 Å². The summed E-state index contributed by atoms with van der Waals surface area (Å²) >= 11 is 0. The Morgan fingerprint density at radius 1 is 1.16 bits per heavy atom. The molecule has 0 bridgehead atoms. The lowest BCUT2D eigenvalue weighted by Gasteiger charge is -1.99. The maximum absolute atomic E-state index is 10.7. The molecule has 2 aliphatic rings. The molecule has 0 spiro atoms. The summed E-state index contributed by atoms with van der Waals surface area (Å²) in [7, 11) is 0. The summed E-state index contributed by atoms with van der Waals surface area (Å²) in [4.78, 5) is 21.0. The summed E-state index contributed by atoms with van der Waals surface area (Å²) in [6, 6.07) is 0. The average Bonchev–Trinajstić information content (AvgIpc) is 3.50. The topological polar surface area (TPSA) is 107 Å². The number of aliphatic hydroxyl groups is 1. The van der Waals surface area contributed by atoms with Crippen molar-refractivity contribution in [3.05, 3.63) is 37.6 Å². The SMILES string of the molecule is C=C(C)C(=O)OCC1CO1.C=CC(=O)OCC1CO1.C=COCCO. The van der Waals surface area contributed by atoms with E-state index in [0.29, 0.717) is 38.6 Å². The Kier molecular flexibility index (Phi) is 13.0. The van der Waals surface area contributed by atoms with E-state index in [1.807, 2.05) is 0 Å². The van der Waals surface area contributed by atoms with E-state index in [9.17, 15) is 9.59 Å². The number of hydrogen-bond acceptors (Lipinski definition) is 8. The molecule has 2 atom stereocenters. The second kappa shape index (κ2) is 14.2. The normalized spacial score (nSPS) is 18.8. The maximum Gasteiger partial charge on any atom is 0.333 e. The van der Waals surface area contributed by atoms with Crippen molar-refractivity contribution in [1.82, 2.24) is 0 Å². The molecule has 2 fully saturated rings. The van der Waals surface area contributed by atoms with Gasteiger partial charge in [-0.05, 0) is 6.92 Å². The van der Waals surface area contributed by atoms with Crippen molar-refractivity contribution in [1.29, 1.82) is 0 Å². The Hall–Kier alpha value is -2.16. The maximum atomic E-state index is 10.7. The van der Waals surface area contributed by atoms with Crippen LogP contribution in [0.25, 0.3) is 0 Å². The molecular formula is C17H26O8. The first-order valence-electron chi connectivity index (χ1n) is 7.62. The van der Waals surface area contributed by atoms with Crippen molar-refractivity contribution in [2.45, 2.75) is 19.1 Å². The average molecular weight is 358 g/mol. The van der Waals surface area contributed by atoms with Crippen LogP contribution in [0.15, 0.2) is 37.6 Å². The lowest BCUT2D eigenvalue weighted by Crippen LogP contribution is -2.09. The van der Waals surface area contributed by atoms with E-state index in [-0.39, 0.29) is 30.8 Å². The van der Waals surface area contributed by atoms with E-state index in [2.05, 4.69) is 29.2 Å². The van der Waals surface area contributed by atoms with Gasteiger partial charge in [-0.25, -0.2) is 9.59 Å². The van der Waals surface area contributed by atoms with Crippen LogP contribution in [0, 0.1) is 0 Å². The van der Waals surface area contributed by atoms with Crippen LogP contribution in [0.4, 0.5) is 0 Å². The van der Waals surface area contributed by atoms with Gasteiger partial charge in [-0.2, -0.15) is 0 Å². The molecule has 25 heavy (non-hydrogen) atoms. The first kappa shape index (κ1) is 22.8. The molecule has 0 aromatic rings. The van der Waals surface area contributed by atoms with Gasteiger partial charge in [0.05, 0.1) is 26.1 Å². The van der Waals surface area contributed by atoms with Crippen molar-refractivity contribution in [2.75, 3.05) is 39.6 Å². The minimum atomic E-state index is -0.384. The summed E-state index contributed by atoms with van der Waals surface area (Å²) in [5.41, 5.74) is 0.431. The second-order valence-corrected chi connectivity index (χ2v) is 4.88. The lowest BCUT2D eigenvalue weighted by atomic mass is 10.4. The predicted octanol–water partition coefficient (Wildman–Crippen LogP) is 0.758. The first-order valence-corrected chi connectivity index (χ1v) is 7.62. The van der Waals surface area contributed by atoms with E-state index >= 15 is 0 Å². The third-order valence-electron chi connectivity index (χ3n) is 2.46. The summed E-state index contributed by atoms with van der Waals surface area (Å²) in [5, 5.41) is 8.02. The Morgan fingerprint density at radius 3 is 2.00 bits per heavy atom.